The number of carbonyl (C=O) groups excluding carboxylic acids is 3. The molecule has 8 rings (SSSR count). The average Bonchev–Trinajstić information content (AvgIpc) is 3.00. The van der Waals surface area contributed by atoms with Crippen molar-refractivity contribution in [2.45, 2.75) is 217 Å². The number of fused-ring (bicyclic) bond motifs is 2. The number of anilines is 2. The van der Waals surface area contributed by atoms with Crippen molar-refractivity contribution in [1.82, 2.24) is 34.5 Å². The van der Waals surface area contributed by atoms with E-state index >= 15 is 0 Å². The molecule has 3 amide bonds. The molecule has 87 heavy (non-hydrogen) atoms. The van der Waals surface area contributed by atoms with Gasteiger partial charge in [-0.1, -0.05) is 63.0 Å². The number of likely N-dealkylation sites (tertiary alicyclic amines) is 2. The van der Waals surface area contributed by atoms with E-state index in [-0.39, 0.29) is 65.6 Å². The standard InChI is InChI=1S/C31H44ClN5O5S.C19H32N4O4S.C12H14ClNO2/c1-29(2,3)42-28(39)37-19-20(18-31(37,6)7)11-10-16-33-23-13-8-14-24(34-23)43(40,41)36-27(38)22-17-21-12-9-15-30(4,5)25(21)35-26(22)32;1-18(2,3)27-17(24)23-13-14(12-19(23,4)5)8-7-11-21-15-9-6-10-16(22-15)28(20,25)26;1-12(2)5-3-4-7-6-8(11(15)16)10(13)14-9(7)12/h8,13-14,17,20H,9-12,15-16,18-19H2,1-7H3,(H,33,34)(H,36,38);6,9-10,14H,7-8,11-13H2,1-5H3,(H,21,22)(H2,20,25,26);6H,3-5H2,1-2H3,(H,15,16)/t20-;14-;/m00./s1. The van der Waals surface area contributed by atoms with E-state index in [9.17, 15) is 36.0 Å². The zero-order valence-corrected chi connectivity index (χ0v) is 56.1. The fourth-order valence-electron chi connectivity index (χ4n) is 11.8. The van der Waals surface area contributed by atoms with E-state index in [0.717, 1.165) is 99.6 Å². The summed E-state index contributed by atoms with van der Waals surface area (Å²) in [6.45, 7) is 30.4. The highest BCUT2D eigenvalue weighted by molar-refractivity contribution is 7.90. The first-order chi connectivity index (χ1) is 40.1. The molecule has 0 radical (unpaired) electrons. The molecule has 4 aromatic rings. The number of sulfonamides is 2. The zero-order chi connectivity index (χ0) is 64.9. The Hall–Kier alpha value is -5.88. The smallest absolute Gasteiger partial charge is 0.410 e. The number of ether oxygens (including phenoxy) is 2. The SMILES string of the molecule is CC(C)(C)OC(=O)N1C[C@@H](CCCNc2cccc(S(=O)(=O)NC(=O)c3cc4c(nc3Cl)C(C)(C)CCC4)n2)CC1(C)C.CC(C)(C)OC(=O)N1C[C@@H](CCCNc2cccc(S(N)(=O)=O)n2)CC1(C)C.CC1(C)CCCc2cc(C(=O)O)c(Cl)nc21. The summed E-state index contributed by atoms with van der Waals surface area (Å²) in [4.78, 5) is 69.7. The number of nitrogens with zero attached hydrogens (tertiary/aromatic N) is 6. The number of aromatic nitrogens is 4. The van der Waals surface area contributed by atoms with Crippen molar-refractivity contribution >= 4 is 78.9 Å². The fraction of sp³-hybridized carbons (Fsp3) is 0.613. The Balaban J connectivity index is 0.000000233. The molecule has 0 aromatic carbocycles. The second-order valence-electron chi connectivity index (χ2n) is 27.7. The minimum Gasteiger partial charge on any atom is -0.478 e. The van der Waals surface area contributed by atoms with Gasteiger partial charge in [0.15, 0.2) is 10.1 Å². The van der Waals surface area contributed by atoms with Gasteiger partial charge in [0.1, 0.15) is 33.1 Å². The summed E-state index contributed by atoms with van der Waals surface area (Å²) in [5.74, 6) is -0.266. The first-order valence-electron chi connectivity index (χ1n) is 29.7. The van der Waals surface area contributed by atoms with E-state index in [1.165, 1.54) is 12.1 Å². The number of carboxylic acid groups (broad SMARTS) is 1. The highest BCUT2D eigenvalue weighted by Gasteiger charge is 2.44. The number of amides is 3. The van der Waals surface area contributed by atoms with Gasteiger partial charge in [-0.2, -0.15) is 8.42 Å². The topological polar surface area (TPSA) is 295 Å². The third-order valence-electron chi connectivity index (χ3n) is 15.9. The Morgan fingerprint density at radius 1 is 0.644 bits per heavy atom. The number of hydrogen-bond acceptors (Lipinski definition) is 16. The highest BCUT2D eigenvalue weighted by atomic mass is 35.5. The van der Waals surface area contributed by atoms with E-state index in [1.807, 2.05) is 51.3 Å². The van der Waals surface area contributed by atoms with Gasteiger partial charge >= 0.3 is 18.2 Å². The zero-order valence-electron chi connectivity index (χ0n) is 52.9. The Bertz CT molecular complexity index is 3400. The monoisotopic (exact) mass is 1280 g/mol. The molecule has 25 heteroatoms. The van der Waals surface area contributed by atoms with E-state index in [2.05, 4.69) is 90.7 Å². The summed E-state index contributed by atoms with van der Waals surface area (Å²) in [5.41, 5.74) is 2.13. The quantitative estimate of drug-likeness (QED) is 0.0546. The third-order valence-corrected chi connectivity index (χ3v) is 18.6. The van der Waals surface area contributed by atoms with Gasteiger partial charge in [0.05, 0.1) is 22.5 Å². The molecular weight excluding hydrogens is 1200 g/mol. The Kier molecular flexibility index (Phi) is 22.2. The number of aryl methyl sites for hydroxylation is 2. The molecule has 0 bridgehead atoms. The van der Waals surface area contributed by atoms with Gasteiger partial charge in [0.2, 0.25) is 0 Å². The molecule has 0 unspecified atom stereocenters. The van der Waals surface area contributed by atoms with Crippen molar-refractivity contribution in [3.63, 3.8) is 0 Å². The van der Waals surface area contributed by atoms with Crippen LogP contribution in [0.25, 0.3) is 0 Å². The third kappa shape index (κ3) is 19.3. The number of halogens is 2. The van der Waals surface area contributed by atoms with Crippen LogP contribution in [-0.2, 0) is 53.2 Å². The number of carbonyl (C=O) groups is 4. The molecule has 4 aromatic heterocycles. The molecule has 4 aliphatic rings. The van der Waals surface area contributed by atoms with E-state index in [1.54, 1.807) is 36.4 Å². The molecule has 0 saturated carbocycles. The Labute approximate surface area is 524 Å². The molecule has 6 heterocycles. The first-order valence-corrected chi connectivity index (χ1v) is 33.5. The van der Waals surface area contributed by atoms with Crippen LogP contribution in [0.4, 0.5) is 21.2 Å². The van der Waals surface area contributed by atoms with Crippen LogP contribution in [0, 0.1) is 11.8 Å². The van der Waals surface area contributed by atoms with Crippen LogP contribution in [-0.4, -0.2) is 124 Å². The van der Waals surface area contributed by atoms with Crippen LogP contribution in [0.15, 0.2) is 58.6 Å². The molecule has 21 nitrogen and oxygen atoms in total. The second-order valence-corrected chi connectivity index (χ2v) is 31.6. The van der Waals surface area contributed by atoms with Crippen molar-refractivity contribution < 1.29 is 50.6 Å². The maximum atomic E-state index is 13.1. The van der Waals surface area contributed by atoms with Crippen molar-refractivity contribution in [2.75, 3.05) is 36.8 Å². The number of hydrogen-bond donors (Lipinski definition) is 5. The molecule has 2 atom stereocenters. The van der Waals surface area contributed by atoms with Crippen LogP contribution < -0.4 is 20.5 Å². The normalized spacial score (nSPS) is 19.2. The largest absolute Gasteiger partial charge is 0.478 e. The van der Waals surface area contributed by atoms with Crippen LogP contribution in [0.5, 0.6) is 0 Å². The lowest BCUT2D eigenvalue weighted by Crippen LogP contribution is -2.45. The molecular formula is C62H90Cl2N10O11S2. The fourth-order valence-corrected chi connectivity index (χ4v) is 13.7. The van der Waals surface area contributed by atoms with Crippen LogP contribution in [0.1, 0.15) is 204 Å². The maximum absolute atomic E-state index is 13.1. The van der Waals surface area contributed by atoms with Crippen LogP contribution >= 0.6 is 23.2 Å². The van der Waals surface area contributed by atoms with E-state index in [0.29, 0.717) is 49.7 Å². The van der Waals surface area contributed by atoms with Gasteiger partial charge in [-0.3, -0.25) is 4.79 Å². The Morgan fingerprint density at radius 2 is 1.05 bits per heavy atom. The van der Waals surface area contributed by atoms with Gasteiger partial charge in [0, 0.05) is 48.1 Å². The number of nitrogens with two attached hydrogens (primary N) is 1. The van der Waals surface area contributed by atoms with Crippen molar-refractivity contribution in [3.05, 3.63) is 92.5 Å². The van der Waals surface area contributed by atoms with Gasteiger partial charge < -0.3 is 35.0 Å². The van der Waals surface area contributed by atoms with E-state index < -0.39 is 43.1 Å². The summed E-state index contributed by atoms with van der Waals surface area (Å²) >= 11 is 12.2. The number of carboxylic acids is 1. The maximum Gasteiger partial charge on any atom is 0.410 e. The molecule has 2 aliphatic carbocycles. The van der Waals surface area contributed by atoms with Crippen molar-refractivity contribution in [3.8, 4) is 0 Å². The van der Waals surface area contributed by atoms with Gasteiger partial charge in [-0.05, 0) is 206 Å². The molecule has 480 valence electrons. The predicted molar refractivity (Wildman–Crippen MR) is 338 cm³/mol. The minimum absolute atomic E-state index is 0.00570. The van der Waals surface area contributed by atoms with Crippen LogP contribution in [0.2, 0.25) is 10.3 Å². The lowest BCUT2D eigenvalue weighted by molar-refractivity contribution is 0.0118. The predicted octanol–water partition coefficient (Wildman–Crippen LogP) is 12.1. The van der Waals surface area contributed by atoms with Gasteiger partial charge in [-0.25, -0.2) is 52.6 Å². The van der Waals surface area contributed by atoms with Gasteiger partial charge in [0.25, 0.3) is 26.0 Å². The second kappa shape index (κ2) is 27.5. The lowest BCUT2D eigenvalue weighted by Gasteiger charge is -2.33. The number of nitrogens with one attached hydrogen (secondary N) is 3. The molecule has 2 aliphatic heterocycles. The van der Waals surface area contributed by atoms with Gasteiger partial charge in [-0.15, -0.1) is 0 Å². The molecule has 0 spiro atoms. The summed E-state index contributed by atoms with van der Waals surface area (Å²) < 4.78 is 62.1. The molecule has 6 N–H and O–H groups in total. The lowest BCUT2D eigenvalue weighted by atomic mass is 9.76. The minimum atomic E-state index is -4.26. The van der Waals surface area contributed by atoms with Crippen molar-refractivity contribution in [2.24, 2.45) is 17.0 Å². The first kappa shape index (κ1) is 70.2. The molecule has 2 saturated heterocycles. The Morgan fingerprint density at radius 3 is 1.46 bits per heavy atom. The number of pyridine rings is 4. The summed E-state index contributed by atoms with van der Waals surface area (Å²) in [5, 5.41) is 20.0. The highest BCUT2D eigenvalue weighted by Crippen LogP contribution is 2.40. The number of primary sulfonamides is 1. The summed E-state index contributed by atoms with van der Waals surface area (Å²) in [6.07, 6.45) is 10.5. The summed E-state index contributed by atoms with van der Waals surface area (Å²) in [7, 11) is -8.07. The average molecular weight is 1290 g/mol. The number of aromatic carboxylic acids is 1. The van der Waals surface area contributed by atoms with Crippen molar-refractivity contribution in [1.29, 1.82) is 0 Å². The molecule has 2 fully saturated rings. The number of rotatable bonds is 15. The van der Waals surface area contributed by atoms with E-state index in [4.69, 9.17) is 42.9 Å². The summed E-state index contributed by atoms with van der Waals surface area (Å²) in [6, 6.07) is 12.6. The van der Waals surface area contributed by atoms with Crippen LogP contribution in [0.3, 0.4) is 0 Å².